The van der Waals surface area contributed by atoms with Gasteiger partial charge in [-0.25, -0.2) is 4.57 Å². The van der Waals surface area contributed by atoms with E-state index >= 15 is 0 Å². The van der Waals surface area contributed by atoms with Crippen molar-refractivity contribution in [2.24, 2.45) is 14.1 Å². The molecule has 4 aromatic carbocycles. The number of pyridine rings is 1. The van der Waals surface area contributed by atoms with Gasteiger partial charge in [0.05, 0.1) is 0 Å². The van der Waals surface area contributed by atoms with Gasteiger partial charge in [0.25, 0.3) is 0 Å². The normalized spacial score (nSPS) is 11.4. The van der Waals surface area contributed by atoms with Crippen molar-refractivity contribution < 1.29 is 4.57 Å². The van der Waals surface area contributed by atoms with Crippen molar-refractivity contribution >= 4 is 21.8 Å². The van der Waals surface area contributed by atoms with Gasteiger partial charge in [0.2, 0.25) is 5.69 Å². The Labute approximate surface area is 200 Å². The summed E-state index contributed by atoms with van der Waals surface area (Å²) in [5.41, 5.74) is 11.3. The van der Waals surface area contributed by atoms with Crippen LogP contribution in [0.15, 0.2) is 109 Å². The van der Waals surface area contributed by atoms with E-state index in [0.717, 1.165) is 0 Å². The van der Waals surface area contributed by atoms with Gasteiger partial charge in [0.15, 0.2) is 6.20 Å². The summed E-state index contributed by atoms with van der Waals surface area (Å²) in [6.07, 6.45) is 2.11. The van der Waals surface area contributed by atoms with Gasteiger partial charge in [0.1, 0.15) is 7.05 Å². The van der Waals surface area contributed by atoms with E-state index in [0.29, 0.717) is 0 Å². The van der Waals surface area contributed by atoms with Crippen LogP contribution in [0, 0.1) is 6.92 Å². The van der Waals surface area contributed by atoms with E-state index in [9.17, 15) is 0 Å². The highest BCUT2D eigenvalue weighted by atomic mass is 14.9. The molecule has 2 heterocycles. The van der Waals surface area contributed by atoms with E-state index in [-0.39, 0.29) is 0 Å². The maximum Gasteiger partial charge on any atom is 0.212 e. The Morgan fingerprint density at radius 1 is 0.588 bits per heavy atom. The zero-order chi connectivity index (χ0) is 23.2. The van der Waals surface area contributed by atoms with Gasteiger partial charge >= 0.3 is 0 Å². The molecule has 0 atom stereocenters. The number of aromatic nitrogens is 2. The largest absolute Gasteiger partial charge is 0.344 e. The van der Waals surface area contributed by atoms with Crippen LogP contribution in [0.25, 0.3) is 55.3 Å². The molecule has 0 amide bonds. The van der Waals surface area contributed by atoms with Crippen LogP contribution in [0.2, 0.25) is 0 Å². The minimum absolute atomic E-state index is 1.22. The molecule has 0 radical (unpaired) electrons. The van der Waals surface area contributed by atoms with Crippen LogP contribution >= 0.6 is 0 Å². The summed E-state index contributed by atoms with van der Waals surface area (Å²) < 4.78 is 4.49. The first-order valence-electron chi connectivity index (χ1n) is 11.7. The van der Waals surface area contributed by atoms with Gasteiger partial charge < -0.3 is 4.57 Å². The fourth-order valence-electron chi connectivity index (χ4n) is 5.09. The fourth-order valence-corrected chi connectivity index (χ4v) is 5.09. The molecule has 0 aliphatic heterocycles. The number of benzene rings is 4. The lowest BCUT2D eigenvalue weighted by Gasteiger charge is -2.09. The van der Waals surface area contributed by atoms with Crippen molar-refractivity contribution in [2.45, 2.75) is 6.92 Å². The monoisotopic (exact) mass is 439 g/mol. The van der Waals surface area contributed by atoms with Gasteiger partial charge in [-0.15, -0.1) is 0 Å². The van der Waals surface area contributed by atoms with Crippen LogP contribution in [0.1, 0.15) is 5.56 Å². The minimum Gasteiger partial charge on any atom is -0.344 e. The first-order chi connectivity index (χ1) is 16.6. The van der Waals surface area contributed by atoms with Crippen molar-refractivity contribution in [2.75, 3.05) is 0 Å². The summed E-state index contributed by atoms with van der Waals surface area (Å²) in [5.74, 6) is 0. The molecule has 0 fully saturated rings. The third kappa shape index (κ3) is 3.31. The molecule has 0 aliphatic rings. The number of aryl methyl sites for hydroxylation is 3. The van der Waals surface area contributed by atoms with Crippen molar-refractivity contribution in [3.63, 3.8) is 0 Å². The smallest absolute Gasteiger partial charge is 0.212 e. The maximum atomic E-state index is 2.35. The van der Waals surface area contributed by atoms with E-state index in [4.69, 9.17) is 0 Å². The van der Waals surface area contributed by atoms with Crippen molar-refractivity contribution in [3.05, 3.63) is 115 Å². The van der Waals surface area contributed by atoms with E-state index in [2.05, 4.69) is 139 Å². The maximum absolute atomic E-state index is 2.35. The molecule has 2 heteroatoms. The average molecular weight is 440 g/mol. The molecule has 0 saturated carbocycles. The highest BCUT2D eigenvalue weighted by molar-refractivity contribution is 6.10. The lowest BCUT2D eigenvalue weighted by atomic mass is 9.96. The van der Waals surface area contributed by atoms with E-state index < -0.39 is 0 Å². The number of hydrogen-bond acceptors (Lipinski definition) is 0. The Bertz CT molecular complexity index is 1670. The molecule has 0 spiro atoms. The number of hydrogen-bond donors (Lipinski definition) is 0. The van der Waals surface area contributed by atoms with Crippen LogP contribution in [-0.4, -0.2) is 4.57 Å². The SMILES string of the molecule is Cc1ccc(-c2ccc3c(c2)c2cc(-c4ccccc4)ccc2n3C)cc1-c1cccc[n+]1C. The Balaban J connectivity index is 1.53. The van der Waals surface area contributed by atoms with E-state index in [1.807, 2.05) is 0 Å². The lowest BCUT2D eigenvalue weighted by molar-refractivity contribution is -0.660. The standard InChI is InChI=1S/C32H27N2/c1-22-12-13-25(19-27(22)30-11-7-8-18-33(30)2)26-15-17-32-29(21-26)28-20-24(14-16-31(28)34(32)3)23-9-5-4-6-10-23/h4-21H,1-3H3/q+1. The van der Waals surface area contributed by atoms with Gasteiger partial charge in [-0.1, -0.05) is 54.6 Å². The molecule has 2 aromatic heterocycles. The third-order valence-corrected chi connectivity index (χ3v) is 7.01. The van der Waals surface area contributed by atoms with Crippen LogP contribution in [0.5, 0.6) is 0 Å². The Hall–Kier alpha value is -4.17. The van der Waals surface area contributed by atoms with E-state index in [1.165, 1.54) is 60.9 Å². The molecular weight excluding hydrogens is 412 g/mol. The number of rotatable bonds is 3. The van der Waals surface area contributed by atoms with Gasteiger partial charge in [0, 0.05) is 46.5 Å². The molecule has 6 rings (SSSR count). The summed E-state index contributed by atoms with van der Waals surface area (Å²) in [7, 11) is 4.26. The average Bonchev–Trinajstić information content (AvgIpc) is 3.16. The second-order valence-corrected chi connectivity index (χ2v) is 9.12. The molecular formula is C32H27N2+. The quantitative estimate of drug-likeness (QED) is 0.253. The van der Waals surface area contributed by atoms with Crippen LogP contribution in [0.3, 0.4) is 0 Å². The van der Waals surface area contributed by atoms with Gasteiger partial charge in [-0.3, -0.25) is 0 Å². The van der Waals surface area contributed by atoms with Crippen LogP contribution < -0.4 is 4.57 Å². The van der Waals surface area contributed by atoms with Gasteiger partial charge in [-0.2, -0.15) is 0 Å². The van der Waals surface area contributed by atoms with Crippen LogP contribution in [-0.2, 0) is 14.1 Å². The first-order valence-corrected chi connectivity index (χ1v) is 11.7. The second kappa shape index (κ2) is 8.00. The number of fused-ring (bicyclic) bond motifs is 3. The zero-order valence-electron chi connectivity index (χ0n) is 19.8. The highest BCUT2D eigenvalue weighted by Crippen LogP contribution is 2.35. The van der Waals surface area contributed by atoms with Crippen molar-refractivity contribution in [1.29, 1.82) is 0 Å². The van der Waals surface area contributed by atoms with Crippen LogP contribution in [0.4, 0.5) is 0 Å². The predicted octanol–water partition coefficient (Wildman–Crippen LogP) is 7.47. The summed E-state index contributed by atoms with van der Waals surface area (Å²) in [4.78, 5) is 0. The second-order valence-electron chi connectivity index (χ2n) is 9.12. The minimum atomic E-state index is 1.22. The zero-order valence-corrected chi connectivity index (χ0v) is 19.8. The molecule has 0 N–H and O–H groups in total. The topological polar surface area (TPSA) is 8.81 Å². The Kier molecular flexibility index (Phi) is 4.81. The van der Waals surface area contributed by atoms with Gasteiger partial charge in [-0.05, 0) is 71.1 Å². The molecule has 0 aliphatic carbocycles. The fraction of sp³-hybridized carbons (Fsp3) is 0.0938. The molecule has 0 bridgehead atoms. The summed E-state index contributed by atoms with van der Waals surface area (Å²) >= 11 is 0. The molecule has 0 saturated heterocycles. The van der Waals surface area contributed by atoms with Crippen molar-refractivity contribution in [3.8, 4) is 33.5 Å². The molecule has 34 heavy (non-hydrogen) atoms. The molecule has 6 aromatic rings. The van der Waals surface area contributed by atoms with Crippen molar-refractivity contribution in [1.82, 2.24) is 4.57 Å². The number of nitrogens with zero attached hydrogens (tertiary/aromatic N) is 2. The van der Waals surface area contributed by atoms with E-state index in [1.54, 1.807) is 0 Å². The third-order valence-electron chi connectivity index (χ3n) is 7.01. The Morgan fingerprint density at radius 2 is 1.18 bits per heavy atom. The highest BCUT2D eigenvalue weighted by Gasteiger charge is 2.15. The Morgan fingerprint density at radius 3 is 1.85 bits per heavy atom. The first kappa shape index (κ1) is 20.4. The summed E-state index contributed by atoms with van der Waals surface area (Å²) in [6.45, 7) is 2.19. The molecule has 0 unspecified atom stereocenters. The molecule has 164 valence electrons. The lowest BCUT2D eigenvalue weighted by Crippen LogP contribution is -2.30. The predicted molar refractivity (Wildman–Crippen MR) is 143 cm³/mol. The summed E-state index contributed by atoms with van der Waals surface area (Å²) in [6, 6.07) is 37.4. The summed E-state index contributed by atoms with van der Waals surface area (Å²) in [5, 5.41) is 2.59. The molecule has 2 nitrogen and oxygen atoms in total.